The molecule has 3 nitrogen and oxygen atoms in total. The van der Waals surface area contributed by atoms with Crippen molar-refractivity contribution in [3.63, 3.8) is 0 Å². The van der Waals surface area contributed by atoms with E-state index in [1.165, 1.54) is 12.0 Å². The first-order valence-corrected chi connectivity index (χ1v) is 9.18. The zero-order chi connectivity index (χ0) is 16.6. The molecule has 0 aromatic carbocycles. The lowest BCUT2D eigenvalue weighted by atomic mass is 9.40. The molecule has 0 unspecified atom stereocenters. The Morgan fingerprint density at radius 2 is 1.91 bits per heavy atom. The standard InChI is InChI=1S/C20H28O3/c1-12-10-20-9-6-14-18(2,17(22)23)8-7-16(21)19(14,3)15(20)5-4-13(12)11-20/h13-15H,1,4-11H2,2-3H3,(H,22,23)/t13-,14+,15-,18+,19+,20+/m0/s1. The summed E-state index contributed by atoms with van der Waals surface area (Å²) in [5.74, 6) is 0.629. The van der Waals surface area contributed by atoms with Crippen LogP contribution in [0.4, 0.5) is 0 Å². The van der Waals surface area contributed by atoms with Crippen LogP contribution in [0.1, 0.15) is 65.2 Å². The molecule has 0 aliphatic heterocycles. The third-order valence-corrected chi connectivity index (χ3v) is 8.46. The van der Waals surface area contributed by atoms with Crippen LogP contribution >= 0.6 is 0 Å². The number of rotatable bonds is 1. The summed E-state index contributed by atoms with van der Waals surface area (Å²) in [7, 11) is 0. The number of fused-ring (bicyclic) bond motifs is 3. The molecule has 4 aliphatic carbocycles. The molecular formula is C20H28O3. The van der Waals surface area contributed by atoms with Crippen LogP contribution in [0.3, 0.4) is 0 Å². The Morgan fingerprint density at radius 3 is 2.61 bits per heavy atom. The maximum atomic E-state index is 13.1. The molecule has 0 saturated heterocycles. The Balaban J connectivity index is 1.80. The second-order valence-corrected chi connectivity index (χ2v) is 9.25. The third-order valence-electron chi connectivity index (χ3n) is 8.46. The van der Waals surface area contributed by atoms with Gasteiger partial charge in [0.2, 0.25) is 0 Å². The van der Waals surface area contributed by atoms with E-state index >= 15 is 0 Å². The van der Waals surface area contributed by atoms with E-state index in [-0.39, 0.29) is 11.3 Å². The normalized spacial score (nSPS) is 52.0. The second kappa shape index (κ2) is 4.49. The first-order chi connectivity index (χ1) is 10.7. The van der Waals surface area contributed by atoms with E-state index in [0.29, 0.717) is 30.5 Å². The molecule has 23 heavy (non-hydrogen) atoms. The van der Waals surface area contributed by atoms with E-state index in [4.69, 9.17) is 0 Å². The molecule has 3 heteroatoms. The number of aliphatic carboxylic acids is 1. The number of carbonyl (C=O) groups is 2. The minimum Gasteiger partial charge on any atom is -0.481 e. The van der Waals surface area contributed by atoms with Crippen LogP contribution in [0, 0.1) is 34.0 Å². The third kappa shape index (κ3) is 1.71. The number of carboxylic acids is 1. The van der Waals surface area contributed by atoms with Crippen molar-refractivity contribution in [2.75, 3.05) is 0 Å². The molecular weight excluding hydrogens is 288 g/mol. The number of carboxylic acid groups (broad SMARTS) is 1. The van der Waals surface area contributed by atoms with Crippen molar-refractivity contribution in [2.45, 2.75) is 65.2 Å². The van der Waals surface area contributed by atoms with Crippen molar-refractivity contribution in [3.05, 3.63) is 12.2 Å². The maximum absolute atomic E-state index is 13.1. The summed E-state index contributed by atoms with van der Waals surface area (Å²) in [6.45, 7) is 8.32. The first kappa shape index (κ1) is 15.4. The van der Waals surface area contributed by atoms with Gasteiger partial charge >= 0.3 is 5.97 Å². The Kier molecular flexibility index (Phi) is 3.01. The number of hydrogen-bond acceptors (Lipinski definition) is 2. The van der Waals surface area contributed by atoms with Crippen molar-refractivity contribution >= 4 is 11.8 Å². The molecule has 4 rings (SSSR count). The lowest BCUT2D eigenvalue weighted by molar-refractivity contribution is -0.185. The van der Waals surface area contributed by atoms with Crippen LogP contribution in [0.2, 0.25) is 0 Å². The monoisotopic (exact) mass is 316 g/mol. The van der Waals surface area contributed by atoms with Gasteiger partial charge in [0.25, 0.3) is 0 Å². The number of allylic oxidation sites excluding steroid dienone is 1. The molecule has 0 heterocycles. The SMILES string of the molecule is C=C1C[C@@]23CC[C@H]4[C@@](C)(C(=O)CC[C@@]4(C)C(=O)O)[C@@H]2CC[C@H]1C3. The molecule has 6 atom stereocenters. The molecule has 0 radical (unpaired) electrons. The number of ketones is 1. The molecule has 4 aliphatic rings. The zero-order valence-corrected chi connectivity index (χ0v) is 14.4. The highest BCUT2D eigenvalue weighted by molar-refractivity contribution is 5.89. The van der Waals surface area contributed by atoms with E-state index in [1.807, 2.05) is 6.92 Å². The molecule has 1 N–H and O–H groups in total. The lowest BCUT2D eigenvalue weighted by Crippen LogP contribution is -2.61. The molecule has 4 fully saturated rings. The van der Waals surface area contributed by atoms with Gasteiger partial charge in [-0.2, -0.15) is 0 Å². The molecule has 0 aromatic rings. The highest BCUT2D eigenvalue weighted by Crippen LogP contribution is 2.71. The van der Waals surface area contributed by atoms with E-state index < -0.39 is 16.8 Å². The zero-order valence-electron chi connectivity index (χ0n) is 14.4. The smallest absolute Gasteiger partial charge is 0.309 e. The van der Waals surface area contributed by atoms with E-state index in [1.54, 1.807) is 0 Å². The summed E-state index contributed by atoms with van der Waals surface area (Å²) in [6.07, 6.45) is 7.41. The second-order valence-electron chi connectivity index (χ2n) is 9.25. The fraction of sp³-hybridized carbons (Fsp3) is 0.800. The predicted molar refractivity (Wildman–Crippen MR) is 87.8 cm³/mol. The van der Waals surface area contributed by atoms with Crippen LogP contribution in [0.15, 0.2) is 12.2 Å². The van der Waals surface area contributed by atoms with Gasteiger partial charge in [0, 0.05) is 11.8 Å². The van der Waals surface area contributed by atoms with E-state index in [0.717, 1.165) is 32.1 Å². The van der Waals surface area contributed by atoms with Gasteiger partial charge in [-0.15, -0.1) is 0 Å². The van der Waals surface area contributed by atoms with Crippen molar-refractivity contribution in [2.24, 2.45) is 34.0 Å². The van der Waals surface area contributed by atoms with Gasteiger partial charge in [0.1, 0.15) is 5.78 Å². The average Bonchev–Trinajstić information content (AvgIpc) is 2.73. The predicted octanol–water partition coefficient (Wildman–Crippen LogP) is 4.22. The number of hydrogen-bond donors (Lipinski definition) is 1. The largest absolute Gasteiger partial charge is 0.481 e. The maximum Gasteiger partial charge on any atom is 0.309 e. The minimum absolute atomic E-state index is 0.00482. The summed E-state index contributed by atoms with van der Waals surface area (Å²) >= 11 is 0. The van der Waals surface area contributed by atoms with Gasteiger partial charge in [-0.05, 0) is 75.0 Å². The van der Waals surface area contributed by atoms with Gasteiger partial charge < -0.3 is 5.11 Å². The van der Waals surface area contributed by atoms with E-state index in [2.05, 4.69) is 13.5 Å². The molecule has 0 aromatic heterocycles. The van der Waals surface area contributed by atoms with Crippen molar-refractivity contribution in [1.82, 2.24) is 0 Å². The summed E-state index contributed by atoms with van der Waals surface area (Å²) in [5.41, 5.74) is 0.437. The quantitative estimate of drug-likeness (QED) is 0.737. The van der Waals surface area contributed by atoms with E-state index in [9.17, 15) is 14.7 Å². The van der Waals surface area contributed by atoms with Crippen LogP contribution in [0.5, 0.6) is 0 Å². The lowest BCUT2D eigenvalue weighted by Gasteiger charge is -2.62. The topological polar surface area (TPSA) is 54.4 Å². The highest BCUT2D eigenvalue weighted by Gasteiger charge is 2.67. The van der Waals surface area contributed by atoms with Gasteiger partial charge in [-0.3, -0.25) is 9.59 Å². The van der Waals surface area contributed by atoms with Crippen molar-refractivity contribution < 1.29 is 14.7 Å². The van der Waals surface area contributed by atoms with Gasteiger partial charge in [-0.25, -0.2) is 0 Å². The summed E-state index contributed by atoms with van der Waals surface area (Å²) in [4.78, 5) is 25.1. The highest BCUT2D eigenvalue weighted by atomic mass is 16.4. The Morgan fingerprint density at radius 1 is 1.17 bits per heavy atom. The van der Waals surface area contributed by atoms with Crippen LogP contribution in [-0.4, -0.2) is 16.9 Å². The van der Waals surface area contributed by atoms with Gasteiger partial charge in [0.15, 0.2) is 0 Å². The van der Waals surface area contributed by atoms with Crippen LogP contribution in [-0.2, 0) is 9.59 Å². The molecule has 1 spiro atoms. The molecule has 2 bridgehead atoms. The fourth-order valence-electron chi connectivity index (χ4n) is 7.27. The molecule has 126 valence electrons. The number of carbonyl (C=O) groups excluding carboxylic acids is 1. The molecule has 0 amide bonds. The van der Waals surface area contributed by atoms with Crippen LogP contribution in [0.25, 0.3) is 0 Å². The summed E-state index contributed by atoms with van der Waals surface area (Å²) < 4.78 is 0. The summed E-state index contributed by atoms with van der Waals surface area (Å²) in [5, 5.41) is 9.88. The molecule has 4 saturated carbocycles. The van der Waals surface area contributed by atoms with Crippen molar-refractivity contribution in [1.29, 1.82) is 0 Å². The number of Topliss-reactive ketones (excluding diaryl/α,β-unsaturated/α-hetero) is 1. The van der Waals surface area contributed by atoms with Gasteiger partial charge in [-0.1, -0.05) is 19.1 Å². The first-order valence-electron chi connectivity index (χ1n) is 9.18. The summed E-state index contributed by atoms with van der Waals surface area (Å²) in [6, 6.07) is 0. The fourth-order valence-corrected chi connectivity index (χ4v) is 7.27. The average molecular weight is 316 g/mol. The van der Waals surface area contributed by atoms with Crippen LogP contribution < -0.4 is 0 Å². The Bertz CT molecular complexity index is 608. The van der Waals surface area contributed by atoms with Crippen molar-refractivity contribution in [3.8, 4) is 0 Å². The van der Waals surface area contributed by atoms with Gasteiger partial charge in [0.05, 0.1) is 5.41 Å². The Hall–Kier alpha value is -1.12. The minimum atomic E-state index is -0.739. The Labute approximate surface area is 138 Å².